The molecule has 112 valence electrons. The number of aliphatic hydroxyl groups excluding tert-OH is 1. The lowest BCUT2D eigenvalue weighted by molar-refractivity contribution is -0.389. The van der Waals surface area contributed by atoms with E-state index in [9.17, 15) is 5.11 Å². The minimum atomic E-state index is -0.115. The molecule has 2 unspecified atom stereocenters. The summed E-state index contributed by atoms with van der Waals surface area (Å²) in [6.45, 7) is 6.08. The van der Waals surface area contributed by atoms with Crippen LogP contribution in [0, 0.1) is 11.3 Å². The monoisotopic (exact) mass is 278 g/mol. The van der Waals surface area contributed by atoms with Crippen LogP contribution >= 0.6 is 0 Å². The normalized spacial score (nSPS) is 27.2. The van der Waals surface area contributed by atoms with E-state index < -0.39 is 0 Å². The molecule has 3 heteroatoms. The molecule has 20 heavy (non-hydrogen) atoms. The Morgan fingerprint density at radius 3 is 2.55 bits per heavy atom. The molecule has 2 atom stereocenters. The predicted molar refractivity (Wildman–Crippen MR) is 80.2 cm³/mol. The minimum Gasteiger partial charge on any atom is -0.396 e. The van der Waals surface area contributed by atoms with Crippen LogP contribution in [-0.4, -0.2) is 30.5 Å². The molecule has 1 aliphatic rings. The first-order valence-corrected chi connectivity index (χ1v) is 7.59. The maximum absolute atomic E-state index is 9.81. The van der Waals surface area contributed by atoms with E-state index in [1.807, 2.05) is 0 Å². The molecule has 1 saturated heterocycles. The van der Waals surface area contributed by atoms with E-state index in [-0.39, 0.29) is 23.5 Å². The highest BCUT2D eigenvalue weighted by Crippen LogP contribution is 2.46. The quantitative estimate of drug-likeness (QED) is 0.860. The van der Waals surface area contributed by atoms with Crippen molar-refractivity contribution in [3.8, 4) is 0 Å². The molecule has 0 amide bonds. The average molecular weight is 278 g/mol. The first-order valence-electron chi connectivity index (χ1n) is 7.59. The molecule has 1 aromatic rings. The maximum Gasteiger partial charge on any atom is 0.0796 e. The molecular weight excluding hydrogens is 250 g/mol. The summed E-state index contributed by atoms with van der Waals surface area (Å²) in [6.07, 6.45) is 2.99. The lowest BCUT2D eigenvalue weighted by Gasteiger charge is -2.48. The SMILES string of the molecule is CC1(C)CC(Cc2ccccc2)(C(C[NH3+])CO)CCO1. The Labute approximate surface area is 122 Å². The van der Waals surface area contributed by atoms with Gasteiger partial charge in [-0.1, -0.05) is 30.3 Å². The van der Waals surface area contributed by atoms with E-state index in [0.717, 1.165) is 32.4 Å². The van der Waals surface area contributed by atoms with E-state index >= 15 is 0 Å². The first-order chi connectivity index (χ1) is 9.51. The van der Waals surface area contributed by atoms with E-state index in [1.54, 1.807) is 0 Å². The third-order valence-corrected chi connectivity index (χ3v) is 4.70. The lowest BCUT2D eigenvalue weighted by Crippen LogP contribution is -2.60. The molecule has 4 N–H and O–H groups in total. The van der Waals surface area contributed by atoms with E-state index in [4.69, 9.17) is 4.74 Å². The third-order valence-electron chi connectivity index (χ3n) is 4.70. The average Bonchev–Trinajstić information content (AvgIpc) is 2.40. The van der Waals surface area contributed by atoms with Crippen LogP contribution in [0.2, 0.25) is 0 Å². The predicted octanol–water partition coefficient (Wildman–Crippen LogP) is 1.65. The standard InChI is InChI=1S/C17H27NO2/c1-16(2)13-17(8-9-20-16,15(11-18)12-19)10-14-6-4-3-5-7-14/h3-7,15,19H,8-13,18H2,1-2H3/p+1. The molecule has 0 saturated carbocycles. The summed E-state index contributed by atoms with van der Waals surface area (Å²) in [6, 6.07) is 10.6. The highest BCUT2D eigenvalue weighted by Gasteiger charge is 2.46. The van der Waals surface area contributed by atoms with Crippen LogP contribution in [0.5, 0.6) is 0 Å². The zero-order chi connectivity index (χ0) is 14.6. The number of hydrogen-bond acceptors (Lipinski definition) is 2. The van der Waals surface area contributed by atoms with Gasteiger partial charge in [0, 0.05) is 12.5 Å². The number of aliphatic hydroxyl groups is 1. The fraction of sp³-hybridized carbons (Fsp3) is 0.647. The minimum absolute atomic E-state index is 0.0968. The zero-order valence-electron chi connectivity index (χ0n) is 12.8. The van der Waals surface area contributed by atoms with Gasteiger partial charge in [0.15, 0.2) is 0 Å². The zero-order valence-corrected chi connectivity index (χ0v) is 12.8. The van der Waals surface area contributed by atoms with Crippen LogP contribution in [0.3, 0.4) is 0 Å². The van der Waals surface area contributed by atoms with Gasteiger partial charge >= 0.3 is 0 Å². The van der Waals surface area contributed by atoms with Crippen molar-refractivity contribution in [2.75, 3.05) is 19.8 Å². The second-order valence-electron chi connectivity index (χ2n) is 6.73. The van der Waals surface area contributed by atoms with Crippen LogP contribution < -0.4 is 5.73 Å². The van der Waals surface area contributed by atoms with Crippen LogP contribution in [0.25, 0.3) is 0 Å². The van der Waals surface area contributed by atoms with Crippen molar-refractivity contribution in [2.24, 2.45) is 11.3 Å². The molecule has 1 fully saturated rings. The van der Waals surface area contributed by atoms with Crippen molar-refractivity contribution in [3.05, 3.63) is 35.9 Å². The topological polar surface area (TPSA) is 57.1 Å². The fourth-order valence-electron chi connectivity index (χ4n) is 3.76. The molecule has 1 heterocycles. The van der Waals surface area contributed by atoms with Gasteiger partial charge in [0.2, 0.25) is 0 Å². The fourth-order valence-corrected chi connectivity index (χ4v) is 3.76. The van der Waals surface area contributed by atoms with E-state index in [0.29, 0.717) is 0 Å². The lowest BCUT2D eigenvalue weighted by atomic mass is 9.63. The Hall–Kier alpha value is -0.900. The Bertz CT molecular complexity index is 414. The molecule has 0 aliphatic carbocycles. The van der Waals surface area contributed by atoms with Gasteiger partial charge in [0.25, 0.3) is 0 Å². The highest BCUT2D eigenvalue weighted by atomic mass is 16.5. The Morgan fingerprint density at radius 1 is 1.30 bits per heavy atom. The summed E-state index contributed by atoms with van der Waals surface area (Å²) < 4.78 is 5.90. The Kier molecular flexibility index (Phi) is 4.84. The van der Waals surface area contributed by atoms with Gasteiger partial charge in [0.05, 0.1) is 18.8 Å². The first kappa shape index (κ1) is 15.5. The summed E-state index contributed by atoms with van der Waals surface area (Å²) in [5, 5.41) is 9.81. The molecule has 2 rings (SSSR count). The van der Waals surface area contributed by atoms with Gasteiger partial charge in [-0.3, -0.25) is 0 Å². The van der Waals surface area contributed by atoms with Gasteiger partial charge in [-0.25, -0.2) is 0 Å². The molecule has 1 aromatic carbocycles. The molecular formula is C17H28NO2+. The number of quaternary nitrogens is 1. The van der Waals surface area contributed by atoms with Gasteiger partial charge in [-0.05, 0) is 44.1 Å². The number of rotatable bonds is 5. The molecule has 0 bridgehead atoms. The number of benzene rings is 1. The van der Waals surface area contributed by atoms with Crippen molar-refractivity contribution in [3.63, 3.8) is 0 Å². The third kappa shape index (κ3) is 3.40. The summed E-state index contributed by atoms with van der Waals surface area (Å²) in [7, 11) is 0. The molecule has 1 aliphatic heterocycles. The summed E-state index contributed by atoms with van der Waals surface area (Å²) in [5.41, 5.74) is 5.39. The Morgan fingerprint density at radius 2 is 2.00 bits per heavy atom. The van der Waals surface area contributed by atoms with Crippen molar-refractivity contribution < 1.29 is 15.6 Å². The Balaban J connectivity index is 2.28. The summed E-state index contributed by atoms with van der Waals surface area (Å²) in [4.78, 5) is 0. The van der Waals surface area contributed by atoms with Crippen LogP contribution in [0.15, 0.2) is 30.3 Å². The van der Waals surface area contributed by atoms with Gasteiger partial charge in [-0.2, -0.15) is 0 Å². The van der Waals surface area contributed by atoms with E-state index in [2.05, 4.69) is 49.9 Å². The van der Waals surface area contributed by atoms with Gasteiger partial charge < -0.3 is 15.6 Å². The molecule has 0 spiro atoms. The second-order valence-corrected chi connectivity index (χ2v) is 6.73. The van der Waals surface area contributed by atoms with Crippen molar-refractivity contribution >= 4 is 0 Å². The number of hydrogen-bond donors (Lipinski definition) is 2. The maximum atomic E-state index is 9.81. The van der Waals surface area contributed by atoms with Gasteiger partial charge in [-0.15, -0.1) is 0 Å². The van der Waals surface area contributed by atoms with Gasteiger partial charge in [0.1, 0.15) is 0 Å². The molecule has 0 aromatic heterocycles. The van der Waals surface area contributed by atoms with Crippen LogP contribution in [0.1, 0.15) is 32.3 Å². The molecule has 0 radical (unpaired) electrons. The van der Waals surface area contributed by atoms with Crippen LogP contribution in [0.4, 0.5) is 0 Å². The summed E-state index contributed by atoms with van der Waals surface area (Å²) in [5.74, 6) is 0.242. The summed E-state index contributed by atoms with van der Waals surface area (Å²) >= 11 is 0. The van der Waals surface area contributed by atoms with Crippen molar-refractivity contribution in [1.82, 2.24) is 0 Å². The highest BCUT2D eigenvalue weighted by molar-refractivity contribution is 5.18. The van der Waals surface area contributed by atoms with Crippen molar-refractivity contribution in [2.45, 2.75) is 38.7 Å². The van der Waals surface area contributed by atoms with Crippen LogP contribution in [-0.2, 0) is 11.2 Å². The smallest absolute Gasteiger partial charge is 0.0796 e. The van der Waals surface area contributed by atoms with Crippen molar-refractivity contribution in [1.29, 1.82) is 0 Å². The molecule has 3 nitrogen and oxygen atoms in total. The largest absolute Gasteiger partial charge is 0.396 e. The van der Waals surface area contributed by atoms with E-state index in [1.165, 1.54) is 5.56 Å². The second kappa shape index (κ2) is 6.25. The number of ether oxygens (including phenoxy) is 1.